The third kappa shape index (κ3) is 3.80. The summed E-state index contributed by atoms with van der Waals surface area (Å²) in [6.45, 7) is -0.771. The third-order valence-electron chi connectivity index (χ3n) is 3.77. The molecule has 1 aliphatic rings. The van der Waals surface area contributed by atoms with Gasteiger partial charge in [0.15, 0.2) is 0 Å². The second-order valence-corrected chi connectivity index (χ2v) is 7.28. The summed E-state index contributed by atoms with van der Waals surface area (Å²) in [4.78, 5) is 10.6. The van der Waals surface area contributed by atoms with Gasteiger partial charge in [-0.05, 0) is 43.0 Å². The third-order valence-corrected chi connectivity index (χ3v) is 5.61. The molecule has 122 valence electrons. The van der Waals surface area contributed by atoms with Gasteiger partial charge in [0.1, 0.15) is 0 Å². The smallest absolute Gasteiger partial charge is 0.335 e. The number of aromatic carboxylic acids is 1. The molecule has 5 nitrogen and oxygen atoms in total. The maximum absolute atomic E-state index is 12.7. The number of benzene rings is 1. The first-order valence-electron chi connectivity index (χ1n) is 6.92. The van der Waals surface area contributed by atoms with E-state index in [4.69, 9.17) is 5.11 Å². The Morgan fingerprint density at radius 1 is 1.27 bits per heavy atom. The number of sulfonamides is 1. The number of nitrogens with zero attached hydrogens (tertiary/aromatic N) is 1. The first kappa shape index (κ1) is 16.8. The summed E-state index contributed by atoms with van der Waals surface area (Å²) in [5.74, 6) is -1.06. The van der Waals surface area contributed by atoms with Crippen LogP contribution in [0, 0.1) is 5.92 Å². The van der Waals surface area contributed by atoms with Crippen LogP contribution in [0.5, 0.6) is 0 Å². The molecule has 0 bridgehead atoms. The molecule has 0 spiro atoms. The quantitative estimate of drug-likeness (QED) is 0.832. The predicted molar refractivity (Wildman–Crippen MR) is 75.5 cm³/mol. The van der Waals surface area contributed by atoms with Gasteiger partial charge in [0.25, 0.3) is 6.43 Å². The summed E-state index contributed by atoms with van der Waals surface area (Å²) in [5.41, 5.74) is -0.0571. The first-order valence-corrected chi connectivity index (χ1v) is 8.36. The maximum atomic E-state index is 12.7. The molecular formula is C14H17F2NO4S. The minimum absolute atomic E-state index is 0.0571. The standard InChI is InChI=1S/C14H17F2NO4S/c15-13(16)9-17(8-10-2-1-3-10)22(20,21)12-6-4-11(5-7-12)14(18)19/h4-7,10,13H,1-3,8-9H2,(H,18,19). The summed E-state index contributed by atoms with van der Waals surface area (Å²) in [6.07, 6.45) is -0.0887. The molecule has 0 aliphatic heterocycles. The van der Waals surface area contributed by atoms with Crippen LogP contribution in [0.4, 0.5) is 8.78 Å². The van der Waals surface area contributed by atoms with E-state index in [1.165, 1.54) is 0 Å². The van der Waals surface area contributed by atoms with Crippen LogP contribution in [-0.2, 0) is 10.0 Å². The van der Waals surface area contributed by atoms with E-state index in [1.807, 2.05) is 0 Å². The summed E-state index contributed by atoms with van der Waals surface area (Å²) in [5, 5.41) is 8.81. The number of hydrogen-bond donors (Lipinski definition) is 1. The van der Waals surface area contributed by atoms with E-state index < -0.39 is 29.0 Å². The minimum Gasteiger partial charge on any atom is -0.478 e. The lowest BCUT2D eigenvalue weighted by Gasteiger charge is -2.31. The highest BCUT2D eigenvalue weighted by Gasteiger charge is 2.31. The largest absolute Gasteiger partial charge is 0.478 e. The zero-order chi connectivity index (χ0) is 16.3. The molecule has 0 saturated heterocycles. The molecule has 22 heavy (non-hydrogen) atoms. The van der Waals surface area contributed by atoms with Crippen molar-refractivity contribution >= 4 is 16.0 Å². The van der Waals surface area contributed by atoms with Crippen LogP contribution in [0.2, 0.25) is 0 Å². The van der Waals surface area contributed by atoms with Crippen molar-refractivity contribution < 1.29 is 27.1 Å². The van der Waals surface area contributed by atoms with Crippen LogP contribution in [-0.4, -0.2) is 43.3 Å². The van der Waals surface area contributed by atoms with Gasteiger partial charge in [-0.15, -0.1) is 0 Å². The van der Waals surface area contributed by atoms with Crippen molar-refractivity contribution in [2.24, 2.45) is 5.92 Å². The minimum atomic E-state index is -4.05. The molecule has 2 rings (SSSR count). The Hall–Kier alpha value is -1.54. The lowest BCUT2D eigenvalue weighted by atomic mass is 9.85. The number of alkyl halides is 2. The molecule has 1 N–H and O–H groups in total. The van der Waals surface area contributed by atoms with Crippen LogP contribution in [0.25, 0.3) is 0 Å². The van der Waals surface area contributed by atoms with Gasteiger partial charge in [0, 0.05) is 6.54 Å². The summed E-state index contributed by atoms with van der Waals surface area (Å²) < 4.78 is 51.1. The molecule has 0 aromatic heterocycles. The van der Waals surface area contributed by atoms with Gasteiger partial charge in [0.2, 0.25) is 10.0 Å². The fraction of sp³-hybridized carbons (Fsp3) is 0.500. The van der Waals surface area contributed by atoms with Gasteiger partial charge in [-0.1, -0.05) is 6.42 Å². The van der Waals surface area contributed by atoms with Gasteiger partial charge < -0.3 is 5.11 Å². The molecular weight excluding hydrogens is 316 g/mol. The van der Waals surface area contributed by atoms with Crippen LogP contribution in [0.15, 0.2) is 29.2 Å². The van der Waals surface area contributed by atoms with Gasteiger partial charge in [-0.3, -0.25) is 0 Å². The average Bonchev–Trinajstić information content (AvgIpc) is 2.40. The van der Waals surface area contributed by atoms with E-state index in [0.29, 0.717) is 0 Å². The molecule has 0 heterocycles. The lowest BCUT2D eigenvalue weighted by molar-refractivity contribution is 0.0696. The SMILES string of the molecule is O=C(O)c1ccc(S(=O)(=O)N(CC(F)F)CC2CCC2)cc1. The van der Waals surface area contributed by atoms with Crippen LogP contribution in [0.3, 0.4) is 0 Å². The fourth-order valence-electron chi connectivity index (χ4n) is 2.31. The maximum Gasteiger partial charge on any atom is 0.335 e. The van der Waals surface area contributed by atoms with Crippen molar-refractivity contribution in [2.75, 3.05) is 13.1 Å². The summed E-state index contributed by atoms with van der Waals surface area (Å²) in [6, 6.07) is 4.58. The molecule has 0 atom stereocenters. The fourth-order valence-corrected chi connectivity index (χ4v) is 3.80. The topological polar surface area (TPSA) is 74.7 Å². The predicted octanol–water partition coefficient (Wildman–Crippen LogP) is 2.44. The Morgan fingerprint density at radius 2 is 1.86 bits per heavy atom. The number of rotatable bonds is 7. The molecule has 1 aromatic rings. The Kier molecular flexibility index (Phi) is 5.12. The Balaban J connectivity index is 2.24. The monoisotopic (exact) mass is 333 g/mol. The average molecular weight is 333 g/mol. The zero-order valence-electron chi connectivity index (χ0n) is 11.8. The molecule has 0 amide bonds. The van der Waals surface area contributed by atoms with Crippen molar-refractivity contribution in [3.63, 3.8) is 0 Å². The molecule has 0 radical (unpaired) electrons. The van der Waals surface area contributed by atoms with Crippen LogP contribution < -0.4 is 0 Å². The molecule has 1 saturated carbocycles. The molecule has 8 heteroatoms. The number of carbonyl (C=O) groups is 1. The van der Waals surface area contributed by atoms with Crippen molar-refractivity contribution in [1.29, 1.82) is 0 Å². The number of carboxylic acid groups (broad SMARTS) is 1. The van der Waals surface area contributed by atoms with Crippen molar-refractivity contribution in [3.8, 4) is 0 Å². The van der Waals surface area contributed by atoms with E-state index in [0.717, 1.165) is 47.8 Å². The second-order valence-electron chi connectivity index (χ2n) is 5.34. The van der Waals surface area contributed by atoms with Gasteiger partial charge in [0.05, 0.1) is 17.0 Å². The van der Waals surface area contributed by atoms with E-state index in [1.54, 1.807) is 0 Å². The van der Waals surface area contributed by atoms with Crippen LogP contribution >= 0.6 is 0 Å². The lowest BCUT2D eigenvalue weighted by Crippen LogP contribution is -2.40. The van der Waals surface area contributed by atoms with E-state index in [2.05, 4.69) is 0 Å². The van der Waals surface area contributed by atoms with E-state index >= 15 is 0 Å². The number of carboxylic acids is 1. The molecule has 1 aromatic carbocycles. The number of halogens is 2. The highest BCUT2D eigenvalue weighted by Crippen LogP contribution is 2.29. The van der Waals surface area contributed by atoms with E-state index in [-0.39, 0.29) is 22.9 Å². The molecule has 0 unspecified atom stereocenters. The Bertz CT molecular complexity index is 627. The second kappa shape index (κ2) is 6.70. The molecule has 1 fully saturated rings. The highest BCUT2D eigenvalue weighted by atomic mass is 32.2. The van der Waals surface area contributed by atoms with Crippen molar-refractivity contribution in [1.82, 2.24) is 4.31 Å². The van der Waals surface area contributed by atoms with Crippen molar-refractivity contribution in [3.05, 3.63) is 29.8 Å². The molecule has 1 aliphatic carbocycles. The Morgan fingerprint density at radius 3 is 2.27 bits per heavy atom. The van der Waals surface area contributed by atoms with Gasteiger partial charge in [-0.2, -0.15) is 4.31 Å². The van der Waals surface area contributed by atoms with Crippen LogP contribution in [0.1, 0.15) is 29.6 Å². The summed E-state index contributed by atoms with van der Waals surface area (Å²) in [7, 11) is -4.05. The zero-order valence-corrected chi connectivity index (χ0v) is 12.6. The van der Waals surface area contributed by atoms with Gasteiger partial charge >= 0.3 is 5.97 Å². The number of hydrogen-bond acceptors (Lipinski definition) is 3. The highest BCUT2D eigenvalue weighted by molar-refractivity contribution is 7.89. The van der Waals surface area contributed by atoms with Crippen molar-refractivity contribution in [2.45, 2.75) is 30.6 Å². The summed E-state index contributed by atoms with van der Waals surface area (Å²) >= 11 is 0. The normalized spacial score (nSPS) is 16.0. The van der Waals surface area contributed by atoms with E-state index in [9.17, 15) is 22.0 Å². The Labute approximate surface area is 127 Å². The first-order chi connectivity index (χ1) is 10.3. The van der Waals surface area contributed by atoms with Gasteiger partial charge in [-0.25, -0.2) is 22.0 Å².